The van der Waals surface area contributed by atoms with E-state index in [4.69, 9.17) is 9.15 Å². The van der Waals surface area contributed by atoms with Crippen molar-refractivity contribution in [2.24, 2.45) is 0 Å². The highest BCUT2D eigenvalue weighted by molar-refractivity contribution is 5.91. The maximum atomic E-state index is 11.9. The average molecular weight is 355 g/mol. The van der Waals surface area contributed by atoms with Crippen LogP contribution < -0.4 is 10.6 Å². The van der Waals surface area contributed by atoms with Gasteiger partial charge >= 0.3 is 0 Å². The van der Waals surface area contributed by atoms with Gasteiger partial charge in [0.15, 0.2) is 5.76 Å². The number of aliphatic hydroxyl groups excluding tert-OH is 2. The number of ether oxygens (including phenoxy) is 1. The van der Waals surface area contributed by atoms with E-state index in [1.807, 2.05) is 19.0 Å². The molecule has 9 heteroatoms. The molecule has 0 spiro atoms. The van der Waals surface area contributed by atoms with Crippen molar-refractivity contribution in [1.29, 1.82) is 0 Å². The molecule has 4 atom stereocenters. The van der Waals surface area contributed by atoms with Gasteiger partial charge in [0.1, 0.15) is 18.3 Å². The Kier molecular flexibility index (Phi) is 6.94. The summed E-state index contributed by atoms with van der Waals surface area (Å²) >= 11 is 0. The number of aliphatic hydroxyl groups is 2. The van der Waals surface area contributed by atoms with Crippen molar-refractivity contribution in [1.82, 2.24) is 15.5 Å². The summed E-state index contributed by atoms with van der Waals surface area (Å²) in [5.74, 6) is -0.566. The lowest BCUT2D eigenvalue weighted by molar-refractivity contribution is -0.125. The second-order valence-electron chi connectivity index (χ2n) is 6.24. The van der Waals surface area contributed by atoms with Crippen molar-refractivity contribution in [3.05, 3.63) is 24.2 Å². The molecule has 1 saturated heterocycles. The Morgan fingerprint density at radius 2 is 1.92 bits per heavy atom. The molecule has 2 amide bonds. The van der Waals surface area contributed by atoms with E-state index in [-0.39, 0.29) is 24.6 Å². The number of hydrogen-bond donors (Lipinski definition) is 4. The van der Waals surface area contributed by atoms with Gasteiger partial charge < -0.3 is 34.9 Å². The van der Waals surface area contributed by atoms with Crippen LogP contribution in [0.25, 0.3) is 0 Å². The maximum Gasteiger partial charge on any atom is 0.287 e. The zero-order chi connectivity index (χ0) is 18.4. The highest BCUT2D eigenvalue weighted by Crippen LogP contribution is 2.23. The molecule has 0 unspecified atom stereocenters. The van der Waals surface area contributed by atoms with Crippen molar-refractivity contribution in [2.75, 3.05) is 33.7 Å². The van der Waals surface area contributed by atoms with E-state index in [2.05, 4.69) is 10.6 Å². The highest BCUT2D eigenvalue weighted by Gasteiger charge is 2.43. The standard InChI is InChI=1S/C16H25N3O6/c1-19(2)6-5-17-13(20)8-11-14(21)15(22)12(25-11)9-18-16(23)10-4-3-7-24-10/h3-4,7,11-12,14-15,21-22H,5-6,8-9H2,1-2H3,(H,17,20)(H,18,23)/t11-,12-,14+,15-/m1/s1. The molecule has 0 radical (unpaired) electrons. The maximum absolute atomic E-state index is 11.9. The van der Waals surface area contributed by atoms with Gasteiger partial charge in [-0.3, -0.25) is 9.59 Å². The normalized spacial score (nSPS) is 26.0. The van der Waals surface area contributed by atoms with E-state index in [0.29, 0.717) is 13.1 Å². The quantitative estimate of drug-likeness (QED) is 0.450. The van der Waals surface area contributed by atoms with Gasteiger partial charge in [0.05, 0.1) is 18.8 Å². The van der Waals surface area contributed by atoms with Gasteiger partial charge in [0, 0.05) is 19.6 Å². The summed E-state index contributed by atoms with van der Waals surface area (Å²) in [6, 6.07) is 3.10. The summed E-state index contributed by atoms with van der Waals surface area (Å²) in [4.78, 5) is 25.6. The number of carbonyl (C=O) groups excluding carboxylic acids is 2. The van der Waals surface area contributed by atoms with Crippen LogP contribution >= 0.6 is 0 Å². The van der Waals surface area contributed by atoms with E-state index in [0.717, 1.165) is 0 Å². The number of rotatable bonds is 8. The molecule has 9 nitrogen and oxygen atoms in total. The number of amides is 2. The fraction of sp³-hybridized carbons (Fsp3) is 0.625. The molecular weight excluding hydrogens is 330 g/mol. The first kappa shape index (κ1) is 19.4. The summed E-state index contributed by atoms with van der Waals surface area (Å²) in [7, 11) is 3.79. The van der Waals surface area contributed by atoms with Gasteiger partial charge in [-0.2, -0.15) is 0 Å². The Labute approximate surface area is 145 Å². The van der Waals surface area contributed by atoms with Crippen LogP contribution in [-0.2, 0) is 9.53 Å². The smallest absolute Gasteiger partial charge is 0.287 e. The molecule has 0 aliphatic carbocycles. The summed E-state index contributed by atoms with van der Waals surface area (Å²) in [5, 5.41) is 25.4. The topological polar surface area (TPSA) is 124 Å². The Hall–Kier alpha value is -1.94. The lowest BCUT2D eigenvalue weighted by Crippen LogP contribution is -2.40. The van der Waals surface area contributed by atoms with Crippen LogP contribution in [0.15, 0.2) is 22.8 Å². The molecule has 0 bridgehead atoms. The lowest BCUT2D eigenvalue weighted by Gasteiger charge is -2.15. The third kappa shape index (κ3) is 5.53. The first-order valence-electron chi connectivity index (χ1n) is 8.13. The summed E-state index contributed by atoms with van der Waals surface area (Å²) in [5.41, 5.74) is 0. The van der Waals surface area contributed by atoms with E-state index < -0.39 is 30.3 Å². The molecule has 25 heavy (non-hydrogen) atoms. The fourth-order valence-electron chi connectivity index (χ4n) is 2.53. The van der Waals surface area contributed by atoms with E-state index >= 15 is 0 Å². The second kappa shape index (κ2) is 8.95. The van der Waals surface area contributed by atoms with Crippen molar-refractivity contribution in [3.63, 3.8) is 0 Å². The fourth-order valence-corrected chi connectivity index (χ4v) is 2.53. The molecule has 140 valence electrons. The van der Waals surface area contributed by atoms with Gasteiger partial charge in [0.25, 0.3) is 5.91 Å². The van der Waals surface area contributed by atoms with Gasteiger partial charge in [-0.15, -0.1) is 0 Å². The van der Waals surface area contributed by atoms with E-state index in [1.165, 1.54) is 12.3 Å². The minimum absolute atomic E-state index is 0.00346. The Bertz CT molecular complexity index is 562. The first-order valence-corrected chi connectivity index (χ1v) is 8.13. The van der Waals surface area contributed by atoms with E-state index in [1.54, 1.807) is 6.07 Å². The molecule has 1 aromatic heterocycles. The van der Waals surface area contributed by atoms with Crippen LogP contribution in [0, 0.1) is 0 Å². The van der Waals surface area contributed by atoms with Crippen LogP contribution in [-0.4, -0.2) is 85.1 Å². The van der Waals surface area contributed by atoms with Crippen LogP contribution in [0.5, 0.6) is 0 Å². The summed E-state index contributed by atoms with van der Waals surface area (Å²) in [6.07, 6.45) is -2.67. The summed E-state index contributed by atoms with van der Waals surface area (Å²) < 4.78 is 10.5. The zero-order valence-electron chi connectivity index (χ0n) is 14.3. The molecule has 1 fully saturated rings. The largest absolute Gasteiger partial charge is 0.459 e. The Morgan fingerprint density at radius 1 is 1.20 bits per heavy atom. The predicted molar refractivity (Wildman–Crippen MR) is 87.9 cm³/mol. The molecule has 1 aromatic rings. The highest BCUT2D eigenvalue weighted by atomic mass is 16.5. The van der Waals surface area contributed by atoms with Crippen molar-refractivity contribution < 1.29 is 29.0 Å². The number of likely N-dealkylation sites (N-methyl/N-ethyl adjacent to an activating group) is 1. The summed E-state index contributed by atoms with van der Waals surface area (Å²) in [6.45, 7) is 1.18. The van der Waals surface area contributed by atoms with Crippen molar-refractivity contribution in [3.8, 4) is 0 Å². The molecule has 2 heterocycles. The second-order valence-corrected chi connectivity index (χ2v) is 6.24. The number of hydrogen-bond acceptors (Lipinski definition) is 7. The number of nitrogens with zero attached hydrogens (tertiary/aromatic N) is 1. The molecule has 1 aliphatic rings. The van der Waals surface area contributed by atoms with Crippen molar-refractivity contribution in [2.45, 2.75) is 30.8 Å². The van der Waals surface area contributed by atoms with E-state index in [9.17, 15) is 19.8 Å². The number of carbonyl (C=O) groups is 2. The zero-order valence-corrected chi connectivity index (χ0v) is 14.3. The SMILES string of the molecule is CN(C)CCNC(=O)C[C@H]1O[C@H](CNC(=O)c2ccco2)[C@@H](O)[C@H]1O. The molecule has 1 aliphatic heterocycles. The minimum Gasteiger partial charge on any atom is -0.459 e. The Balaban J connectivity index is 1.77. The number of furan rings is 1. The number of nitrogens with one attached hydrogen (secondary N) is 2. The molecule has 0 aromatic carbocycles. The van der Waals surface area contributed by atoms with Gasteiger partial charge in [-0.1, -0.05) is 0 Å². The van der Waals surface area contributed by atoms with Crippen molar-refractivity contribution >= 4 is 11.8 Å². The van der Waals surface area contributed by atoms with Gasteiger partial charge in [0.2, 0.25) is 5.91 Å². The van der Waals surface area contributed by atoms with Crippen LogP contribution in [0.3, 0.4) is 0 Å². The predicted octanol–water partition coefficient (Wildman–Crippen LogP) is -1.43. The van der Waals surface area contributed by atoms with Gasteiger partial charge in [-0.25, -0.2) is 0 Å². The Morgan fingerprint density at radius 3 is 2.56 bits per heavy atom. The van der Waals surface area contributed by atoms with Crippen LogP contribution in [0.1, 0.15) is 17.0 Å². The molecule has 0 saturated carbocycles. The monoisotopic (exact) mass is 355 g/mol. The third-order valence-electron chi connectivity index (χ3n) is 3.94. The third-order valence-corrected chi connectivity index (χ3v) is 3.94. The minimum atomic E-state index is -1.19. The van der Waals surface area contributed by atoms with Gasteiger partial charge in [-0.05, 0) is 26.2 Å². The molecule has 2 rings (SSSR count). The van der Waals surface area contributed by atoms with Crippen LogP contribution in [0.4, 0.5) is 0 Å². The van der Waals surface area contributed by atoms with Crippen LogP contribution in [0.2, 0.25) is 0 Å². The lowest BCUT2D eigenvalue weighted by atomic mass is 10.1. The molecule has 4 N–H and O–H groups in total. The molecular formula is C16H25N3O6. The first-order chi connectivity index (χ1) is 11.9. The average Bonchev–Trinajstić information content (AvgIpc) is 3.17.